The van der Waals surface area contributed by atoms with Gasteiger partial charge in [0.2, 0.25) is 0 Å². The molecule has 1 saturated heterocycles. The minimum absolute atomic E-state index is 0.0430. The Kier molecular flexibility index (Phi) is 4.30. The topological polar surface area (TPSA) is 67.4 Å². The highest BCUT2D eigenvalue weighted by atomic mass is 16.3. The summed E-state index contributed by atoms with van der Waals surface area (Å²) < 4.78 is 7.18. The van der Waals surface area contributed by atoms with Gasteiger partial charge in [-0.25, -0.2) is 9.97 Å². The molecule has 0 N–H and O–H groups in total. The average molecular weight is 337 g/mol. The summed E-state index contributed by atoms with van der Waals surface area (Å²) in [5.41, 5.74) is 0.651. The van der Waals surface area contributed by atoms with Gasteiger partial charge in [-0.2, -0.15) is 0 Å². The first-order valence-corrected chi connectivity index (χ1v) is 8.28. The molecule has 1 fully saturated rings. The number of imidazole rings is 1. The van der Waals surface area contributed by atoms with Gasteiger partial charge in [-0.15, -0.1) is 0 Å². The Balaban J connectivity index is 1.40. The average Bonchev–Trinajstić information content (AvgIpc) is 3.36. The standard InChI is InChI=1S/C18H19N5O2/c24-18(15-3-4-20-17(12-15)23-6-5-19-14-23)22-9-7-21(8-10-22)13-16-2-1-11-25-16/h1-6,11-12,14H,7-10,13H2. The summed E-state index contributed by atoms with van der Waals surface area (Å²) in [6.07, 6.45) is 8.52. The first-order chi connectivity index (χ1) is 12.3. The van der Waals surface area contributed by atoms with Crippen LogP contribution in [-0.2, 0) is 6.54 Å². The van der Waals surface area contributed by atoms with Crippen LogP contribution in [0.25, 0.3) is 5.82 Å². The van der Waals surface area contributed by atoms with Crippen molar-refractivity contribution < 1.29 is 9.21 Å². The van der Waals surface area contributed by atoms with Gasteiger partial charge < -0.3 is 9.32 Å². The molecule has 0 bridgehead atoms. The molecular formula is C18H19N5O2. The first-order valence-electron chi connectivity index (χ1n) is 8.28. The van der Waals surface area contributed by atoms with Gasteiger partial charge in [-0.05, 0) is 24.3 Å². The van der Waals surface area contributed by atoms with Gasteiger partial charge in [-0.1, -0.05) is 0 Å². The summed E-state index contributed by atoms with van der Waals surface area (Å²) in [5.74, 6) is 1.69. The second kappa shape index (κ2) is 6.90. The van der Waals surface area contributed by atoms with Gasteiger partial charge in [0.15, 0.2) is 0 Å². The molecule has 0 radical (unpaired) electrons. The van der Waals surface area contributed by atoms with Crippen molar-refractivity contribution in [2.24, 2.45) is 0 Å². The van der Waals surface area contributed by atoms with Gasteiger partial charge in [0.05, 0.1) is 12.8 Å². The maximum absolute atomic E-state index is 12.8. The molecular weight excluding hydrogens is 318 g/mol. The fraction of sp³-hybridized carbons (Fsp3) is 0.278. The van der Waals surface area contributed by atoms with Crippen molar-refractivity contribution in [3.05, 3.63) is 66.8 Å². The third-order valence-electron chi connectivity index (χ3n) is 4.38. The molecule has 25 heavy (non-hydrogen) atoms. The van der Waals surface area contributed by atoms with Gasteiger partial charge in [0.1, 0.15) is 17.9 Å². The van der Waals surface area contributed by atoms with Crippen molar-refractivity contribution >= 4 is 5.91 Å². The molecule has 0 atom stereocenters. The number of rotatable bonds is 4. The lowest BCUT2D eigenvalue weighted by Gasteiger charge is -2.34. The zero-order valence-corrected chi connectivity index (χ0v) is 13.8. The van der Waals surface area contributed by atoms with Crippen LogP contribution < -0.4 is 0 Å². The van der Waals surface area contributed by atoms with E-state index < -0.39 is 0 Å². The number of hydrogen-bond acceptors (Lipinski definition) is 5. The van der Waals surface area contributed by atoms with E-state index in [4.69, 9.17) is 4.42 Å². The Hall–Kier alpha value is -2.93. The summed E-state index contributed by atoms with van der Waals surface area (Å²) in [6, 6.07) is 7.44. The van der Waals surface area contributed by atoms with E-state index in [1.807, 2.05) is 23.2 Å². The Morgan fingerprint density at radius 1 is 1.16 bits per heavy atom. The smallest absolute Gasteiger partial charge is 0.254 e. The minimum atomic E-state index is 0.0430. The molecule has 0 aromatic carbocycles. The molecule has 0 aliphatic carbocycles. The number of piperazine rings is 1. The second-order valence-electron chi connectivity index (χ2n) is 6.02. The van der Waals surface area contributed by atoms with Crippen molar-refractivity contribution in [1.29, 1.82) is 0 Å². The van der Waals surface area contributed by atoms with E-state index in [0.29, 0.717) is 24.5 Å². The molecule has 1 amide bonds. The van der Waals surface area contributed by atoms with E-state index in [0.717, 1.165) is 25.4 Å². The Morgan fingerprint density at radius 3 is 2.76 bits per heavy atom. The first kappa shape index (κ1) is 15.6. The second-order valence-corrected chi connectivity index (χ2v) is 6.02. The van der Waals surface area contributed by atoms with E-state index >= 15 is 0 Å². The summed E-state index contributed by atoms with van der Waals surface area (Å²) in [4.78, 5) is 25.3. The number of aromatic nitrogens is 3. The summed E-state index contributed by atoms with van der Waals surface area (Å²) in [7, 11) is 0. The Morgan fingerprint density at radius 2 is 2.04 bits per heavy atom. The molecule has 4 rings (SSSR count). The maximum Gasteiger partial charge on any atom is 0.254 e. The molecule has 7 heteroatoms. The zero-order valence-electron chi connectivity index (χ0n) is 13.8. The van der Waals surface area contributed by atoms with Crippen molar-refractivity contribution in [3.8, 4) is 5.82 Å². The van der Waals surface area contributed by atoms with Gasteiger partial charge in [-0.3, -0.25) is 14.3 Å². The molecule has 0 unspecified atom stereocenters. The highest BCUT2D eigenvalue weighted by Crippen LogP contribution is 2.13. The number of furan rings is 1. The van der Waals surface area contributed by atoms with Crippen LogP contribution in [0.15, 0.2) is 59.9 Å². The largest absolute Gasteiger partial charge is 0.468 e. The van der Waals surface area contributed by atoms with E-state index in [1.165, 1.54) is 0 Å². The Labute approximate surface area is 145 Å². The van der Waals surface area contributed by atoms with Crippen molar-refractivity contribution in [3.63, 3.8) is 0 Å². The molecule has 0 spiro atoms. The number of carbonyl (C=O) groups is 1. The number of amides is 1. The normalized spacial score (nSPS) is 15.4. The molecule has 1 aliphatic heterocycles. The van der Waals surface area contributed by atoms with Crippen molar-refractivity contribution in [2.75, 3.05) is 26.2 Å². The lowest BCUT2D eigenvalue weighted by molar-refractivity contribution is 0.0620. The Bertz CT molecular complexity index is 821. The van der Waals surface area contributed by atoms with Gasteiger partial charge in [0, 0.05) is 50.3 Å². The number of hydrogen-bond donors (Lipinski definition) is 0. The van der Waals surface area contributed by atoms with Crippen LogP contribution in [0.1, 0.15) is 16.1 Å². The van der Waals surface area contributed by atoms with Gasteiger partial charge in [0.25, 0.3) is 5.91 Å². The van der Waals surface area contributed by atoms with E-state index in [9.17, 15) is 4.79 Å². The quantitative estimate of drug-likeness (QED) is 0.726. The monoisotopic (exact) mass is 337 g/mol. The van der Waals surface area contributed by atoms with Crippen LogP contribution in [0, 0.1) is 0 Å². The lowest BCUT2D eigenvalue weighted by Crippen LogP contribution is -2.48. The summed E-state index contributed by atoms with van der Waals surface area (Å²) >= 11 is 0. The van der Waals surface area contributed by atoms with Crippen LogP contribution in [0.2, 0.25) is 0 Å². The fourth-order valence-electron chi connectivity index (χ4n) is 3.00. The number of nitrogens with zero attached hydrogens (tertiary/aromatic N) is 5. The predicted molar refractivity (Wildman–Crippen MR) is 91.2 cm³/mol. The molecule has 1 aliphatic rings. The van der Waals surface area contributed by atoms with E-state index in [1.54, 1.807) is 41.7 Å². The number of carbonyl (C=O) groups excluding carboxylic acids is 1. The fourth-order valence-corrected chi connectivity index (χ4v) is 3.00. The van der Waals surface area contributed by atoms with Crippen LogP contribution in [0.5, 0.6) is 0 Å². The van der Waals surface area contributed by atoms with Crippen molar-refractivity contribution in [1.82, 2.24) is 24.3 Å². The maximum atomic E-state index is 12.8. The summed E-state index contributed by atoms with van der Waals surface area (Å²) in [5, 5.41) is 0. The SMILES string of the molecule is O=C(c1ccnc(-n2ccnc2)c1)N1CCN(Cc2ccco2)CC1. The lowest BCUT2D eigenvalue weighted by atomic mass is 10.2. The molecule has 3 aromatic heterocycles. The molecule has 4 heterocycles. The van der Waals surface area contributed by atoms with E-state index in [2.05, 4.69) is 14.9 Å². The molecule has 128 valence electrons. The zero-order chi connectivity index (χ0) is 17.1. The molecule has 0 saturated carbocycles. The molecule has 3 aromatic rings. The minimum Gasteiger partial charge on any atom is -0.468 e. The van der Waals surface area contributed by atoms with E-state index in [-0.39, 0.29) is 5.91 Å². The highest BCUT2D eigenvalue weighted by Gasteiger charge is 2.23. The number of pyridine rings is 1. The van der Waals surface area contributed by atoms with Crippen LogP contribution >= 0.6 is 0 Å². The van der Waals surface area contributed by atoms with Crippen LogP contribution in [-0.4, -0.2) is 56.4 Å². The summed E-state index contributed by atoms with van der Waals surface area (Å²) in [6.45, 7) is 3.89. The van der Waals surface area contributed by atoms with Crippen LogP contribution in [0.3, 0.4) is 0 Å². The highest BCUT2D eigenvalue weighted by molar-refractivity contribution is 5.94. The third-order valence-corrected chi connectivity index (χ3v) is 4.38. The van der Waals surface area contributed by atoms with Crippen LogP contribution in [0.4, 0.5) is 0 Å². The van der Waals surface area contributed by atoms with Gasteiger partial charge >= 0.3 is 0 Å². The molecule has 7 nitrogen and oxygen atoms in total. The predicted octanol–water partition coefficient (Wildman–Crippen LogP) is 1.82. The van der Waals surface area contributed by atoms with Crippen molar-refractivity contribution in [2.45, 2.75) is 6.54 Å². The third kappa shape index (κ3) is 3.46.